The first-order valence-electron chi connectivity index (χ1n) is 6.28. The highest BCUT2D eigenvalue weighted by molar-refractivity contribution is 8.25. The van der Waals surface area contributed by atoms with Gasteiger partial charge in [-0.15, -0.1) is 23.5 Å². The zero-order valence-corrected chi connectivity index (χ0v) is 12.9. The molecule has 1 fully saturated rings. The van der Waals surface area contributed by atoms with Gasteiger partial charge in [0.25, 0.3) is 0 Å². The van der Waals surface area contributed by atoms with Crippen LogP contribution in [-0.2, 0) is 9.59 Å². The molecule has 0 aliphatic carbocycles. The van der Waals surface area contributed by atoms with Gasteiger partial charge >= 0.3 is 5.97 Å². The first-order chi connectivity index (χ1) is 10.5. The fraction of sp³-hybridized carbons (Fsp3) is 0.143. The maximum atomic E-state index is 12.1. The fourth-order valence-corrected chi connectivity index (χ4v) is 4.31. The minimum atomic E-state index is -1.24. The zero-order chi connectivity index (χ0) is 16.1. The molecular weight excluding hydrogens is 326 g/mol. The van der Waals surface area contributed by atoms with Crippen LogP contribution in [0.4, 0.5) is 5.69 Å². The van der Waals surface area contributed by atoms with Gasteiger partial charge in [0.05, 0.1) is 4.24 Å². The van der Waals surface area contributed by atoms with E-state index >= 15 is 0 Å². The predicted octanol–water partition coefficient (Wildman–Crippen LogP) is 1.45. The summed E-state index contributed by atoms with van der Waals surface area (Å²) in [7, 11) is 0. The Bertz CT molecular complexity index is 646. The number of carboxylic acid groups (broad SMARTS) is 1. The van der Waals surface area contributed by atoms with E-state index < -0.39 is 17.0 Å². The molecule has 0 radical (unpaired) electrons. The third-order valence-corrected chi connectivity index (χ3v) is 5.49. The Morgan fingerprint density at radius 2 is 1.95 bits per heavy atom. The first-order valence-corrected chi connectivity index (χ1v) is 8.25. The highest BCUT2D eigenvalue weighted by Gasteiger charge is 2.24. The molecule has 0 bridgehead atoms. The Balaban J connectivity index is 2.21. The summed E-state index contributed by atoms with van der Waals surface area (Å²) in [5.74, 6) is -0.265. The Kier molecular flexibility index (Phi) is 5.81. The molecule has 22 heavy (non-hydrogen) atoms. The second kappa shape index (κ2) is 7.61. The van der Waals surface area contributed by atoms with Crippen LogP contribution in [0.5, 0.6) is 0 Å². The molecule has 1 atom stereocenters. The number of carbonyl (C=O) groups excluding carboxylic acids is 1. The standard InChI is InChI=1S/C14H13NO5S2/c16-11(12(13(17)18)14-21-6-7-22-14)5-4-9-2-1-3-10(8-9)15(19)20/h1-5,8,15,19H,6-7H2,(H,17,18). The van der Waals surface area contributed by atoms with E-state index in [0.29, 0.717) is 9.80 Å². The lowest BCUT2D eigenvalue weighted by molar-refractivity contribution is -0.991. The number of benzene rings is 1. The number of quaternary nitrogens is 1. The van der Waals surface area contributed by atoms with E-state index in [2.05, 4.69) is 0 Å². The van der Waals surface area contributed by atoms with Crippen molar-refractivity contribution in [3.63, 3.8) is 0 Å². The molecule has 2 rings (SSSR count). The topological polar surface area (TPSA) is 102 Å². The third-order valence-electron chi connectivity index (χ3n) is 2.77. The van der Waals surface area contributed by atoms with E-state index in [9.17, 15) is 19.9 Å². The van der Waals surface area contributed by atoms with Crippen molar-refractivity contribution >= 4 is 47.0 Å². The SMILES string of the molecule is O=C(O)C(C(=O)C=Cc1cccc([NH+]([O-])O)c1)=C1SCCS1. The molecule has 1 saturated heterocycles. The predicted molar refractivity (Wildman–Crippen MR) is 85.8 cm³/mol. The first kappa shape index (κ1) is 16.8. The van der Waals surface area contributed by atoms with Gasteiger partial charge in [-0.2, -0.15) is 5.23 Å². The van der Waals surface area contributed by atoms with Crippen LogP contribution in [0.3, 0.4) is 0 Å². The number of aliphatic carboxylic acids is 1. The summed E-state index contributed by atoms with van der Waals surface area (Å²) >= 11 is 2.73. The Morgan fingerprint density at radius 3 is 2.55 bits per heavy atom. The summed E-state index contributed by atoms with van der Waals surface area (Å²) in [6, 6.07) is 6.06. The van der Waals surface area contributed by atoms with Crippen molar-refractivity contribution < 1.29 is 25.1 Å². The fourth-order valence-electron chi connectivity index (χ4n) is 1.78. The number of carboxylic acids is 1. The zero-order valence-electron chi connectivity index (χ0n) is 11.3. The van der Waals surface area contributed by atoms with Gasteiger partial charge in [-0.1, -0.05) is 18.2 Å². The van der Waals surface area contributed by atoms with E-state index in [4.69, 9.17) is 5.21 Å². The summed E-state index contributed by atoms with van der Waals surface area (Å²) < 4.78 is 0.529. The minimum Gasteiger partial charge on any atom is -0.595 e. The second-order valence-corrected chi connectivity index (χ2v) is 6.76. The molecule has 8 heteroatoms. The number of ketones is 1. The van der Waals surface area contributed by atoms with Crippen LogP contribution in [0.2, 0.25) is 0 Å². The Labute approximate surface area is 135 Å². The third kappa shape index (κ3) is 4.21. The summed E-state index contributed by atoms with van der Waals surface area (Å²) in [4.78, 5) is 23.4. The summed E-state index contributed by atoms with van der Waals surface area (Å²) in [6.07, 6.45) is 2.58. The van der Waals surface area contributed by atoms with Crippen LogP contribution in [0.15, 0.2) is 40.2 Å². The van der Waals surface area contributed by atoms with E-state index in [1.165, 1.54) is 41.7 Å². The average molecular weight is 339 g/mol. The number of carbonyl (C=O) groups is 2. The van der Waals surface area contributed by atoms with E-state index in [0.717, 1.165) is 17.6 Å². The quantitative estimate of drug-likeness (QED) is 0.323. The number of hydrogen-bond acceptors (Lipinski definition) is 6. The molecule has 0 saturated carbocycles. The van der Waals surface area contributed by atoms with Crippen molar-refractivity contribution in [3.05, 3.63) is 50.9 Å². The molecule has 3 N–H and O–H groups in total. The molecule has 1 heterocycles. The van der Waals surface area contributed by atoms with E-state index in [1.54, 1.807) is 12.1 Å². The summed E-state index contributed by atoms with van der Waals surface area (Å²) in [6.45, 7) is 0. The van der Waals surface area contributed by atoms with Gasteiger partial charge in [0.15, 0.2) is 11.5 Å². The molecule has 1 unspecified atom stereocenters. The minimum absolute atomic E-state index is 0.105. The summed E-state index contributed by atoms with van der Waals surface area (Å²) in [5.41, 5.74) is 0.404. The molecule has 1 aromatic carbocycles. The maximum Gasteiger partial charge on any atom is 0.341 e. The second-order valence-electron chi connectivity index (χ2n) is 4.29. The molecule has 1 aliphatic rings. The van der Waals surface area contributed by atoms with Crippen molar-refractivity contribution in [2.24, 2.45) is 0 Å². The molecule has 0 amide bonds. The van der Waals surface area contributed by atoms with Gasteiger partial charge in [-0.3, -0.25) is 4.79 Å². The van der Waals surface area contributed by atoms with E-state index in [1.807, 2.05) is 0 Å². The Hall–Kier alpha value is -1.58. The Morgan fingerprint density at radius 1 is 1.27 bits per heavy atom. The van der Waals surface area contributed by atoms with Crippen molar-refractivity contribution in [2.45, 2.75) is 0 Å². The maximum absolute atomic E-state index is 12.1. The van der Waals surface area contributed by atoms with Crippen LogP contribution in [-0.4, -0.2) is 33.6 Å². The summed E-state index contributed by atoms with van der Waals surface area (Å²) in [5, 5.41) is 27.9. The molecule has 6 nitrogen and oxygen atoms in total. The van der Waals surface area contributed by atoms with Crippen LogP contribution in [0, 0.1) is 5.21 Å². The number of allylic oxidation sites excluding steroid dienone is 1. The normalized spacial score (nSPS) is 16.0. The van der Waals surface area contributed by atoms with Gasteiger partial charge in [0, 0.05) is 23.6 Å². The van der Waals surface area contributed by atoms with Gasteiger partial charge in [0.1, 0.15) is 5.57 Å². The monoisotopic (exact) mass is 339 g/mol. The van der Waals surface area contributed by atoms with Crippen LogP contribution in [0.1, 0.15) is 5.56 Å². The molecule has 0 spiro atoms. The van der Waals surface area contributed by atoms with Gasteiger partial charge in [-0.05, 0) is 11.6 Å². The number of rotatable bonds is 5. The van der Waals surface area contributed by atoms with Crippen molar-refractivity contribution in [3.8, 4) is 0 Å². The average Bonchev–Trinajstić information content (AvgIpc) is 2.99. The molecule has 0 aromatic heterocycles. The lowest BCUT2D eigenvalue weighted by Gasteiger charge is -2.11. The number of nitrogens with one attached hydrogen (secondary N) is 1. The molecular formula is C14H13NO5S2. The van der Waals surface area contributed by atoms with Crippen LogP contribution >= 0.6 is 23.5 Å². The van der Waals surface area contributed by atoms with Crippen LogP contribution in [0.25, 0.3) is 6.08 Å². The number of hydrogen-bond donors (Lipinski definition) is 3. The van der Waals surface area contributed by atoms with Gasteiger partial charge in [0.2, 0.25) is 0 Å². The highest BCUT2D eigenvalue weighted by atomic mass is 32.2. The largest absolute Gasteiger partial charge is 0.595 e. The molecule has 1 aliphatic heterocycles. The van der Waals surface area contributed by atoms with Crippen molar-refractivity contribution in [1.82, 2.24) is 0 Å². The lowest BCUT2D eigenvalue weighted by atomic mass is 10.1. The molecule has 1 aromatic rings. The van der Waals surface area contributed by atoms with Crippen molar-refractivity contribution in [1.29, 1.82) is 0 Å². The van der Waals surface area contributed by atoms with E-state index in [-0.39, 0.29) is 11.3 Å². The van der Waals surface area contributed by atoms with Gasteiger partial charge < -0.3 is 10.3 Å². The van der Waals surface area contributed by atoms with Gasteiger partial charge in [-0.25, -0.2) is 10.0 Å². The number of thioether (sulfide) groups is 2. The van der Waals surface area contributed by atoms with Crippen LogP contribution < -0.4 is 5.23 Å². The van der Waals surface area contributed by atoms with Crippen molar-refractivity contribution in [2.75, 3.05) is 11.5 Å². The smallest absolute Gasteiger partial charge is 0.341 e. The highest BCUT2D eigenvalue weighted by Crippen LogP contribution is 2.39. The molecule has 116 valence electrons. The lowest BCUT2D eigenvalue weighted by Crippen LogP contribution is -2.99.